The van der Waals surface area contributed by atoms with Crippen LogP contribution in [-0.4, -0.2) is 17.8 Å². The van der Waals surface area contributed by atoms with Crippen molar-refractivity contribution in [2.75, 3.05) is 6.61 Å². The molecule has 0 radical (unpaired) electrons. The molecule has 3 N–H and O–H groups in total. The number of aliphatic hydroxyl groups excluding tert-OH is 1. The largest absolute Gasteiger partial charge is 0.395 e. The van der Waals surface area contributed by atoms with Crippen molar-refractivity contribution in [1.29, 1.82) is 0 Å². The van der Waals surface area contributed by atoms with Gasteiger partial charge in [0.2, 0.25) is 0 Å². The molecule has 0 aromatic carbocycles. The highest BCUT2D eigenvalue weighted by Crippen LogP contribution is 2.48. The first-order valence-electron chi connectivity index (χ1n) is 4.03. The van der Waals surface area contributed by atoms with Crippen LogP contribution in [0, 0.1) is 5.41 Å². The van der Waals surface area contributed by atoms with Gasteiger partial charge in [-0.05, 0) is 31.1 Å². The quantitative estimate of drug-likeness (QED) is 0.614. The summed E-state index contributed by atoms with van der Waals surface area (Å²) in [7, 11) is 0. The van der Waals surface area contributed by atoms with Crippen LogP contribution >= 0.6 is 0 Å². The van der Waals surface area contributed by atoms with Crippen LogP contribution in [0.25, 0.3) is 0 Å². The summed E-state index contributed by atoms with van der Waals surface area (Å²) in [6, 6.07) is 0.0115. The van der Waals surface area contributed by atoms with E-state index in [0.29, 0.717) is 5.41 Å². The number of rotatable bonds is 4. The molecule has 2 heteroatoms. The maximum Gasteiger partial charge on any atom is 0.0582 e. The fourth-order valence-electron chi connectivity index (χ4n) is 1.09. The molecular weight excluding hydrogens is 126 g/mol. The van der Waals surface area contributed by atoms with Crippen LogP contribution < -0.4 is 5.73 Å². The topological polar surface area (TPSA) is 46.2 Å². The maximum atomic E-state index is 8.63. The Bertz CT molecular complexity index is 110. The van der Waals surface area contributed by atoms with E-state index in [-0.39, 0.29) is 12.6 Å². The summed E-state index contributed by atoms with van der Waals surface area (Å²) in [5, 5.41) is 8.63. The van der Waals surface area contributed by atoms with E-state index in [4.69, 9.17) is 10.8 Å². The Morgan fingerprint density at radius 3 is 2.60 bits per heavy atom. The molecule has 2 nitrogen and oxygen atoms in total. The van der Waals surface area contributed by atoms with Gasteiger partial charge < -0.3 is 10.8 Å². The standard InChI is InChI=1S/C8H17NO/c1-8(4-5-8)3-2-7(9)6-10/h7,10H,2-6,9H2,1H3/t7-/m0/s1. The smallest absolute Gasteiger partial charge is 0.0582 e. The molecule has 0 saturated heterocycles. The van der Waals surface area contributed by atoms with Crippen molar-refractivity contribution in [2.45, 2.75) is 38.6 Å². The van der Waals surface area contributed by atoms with Crippen LogP contribution in [-0.2, 0) is 0 Å². The summed E-state index contributed by atoms with van der Waals surface area (Å²) in [4.78, 5) is 0. The van der Waals surface area contributed by atoms with Crippen molar-refractivity contribution >= 4 is 0 Å². The van der Waals surface area contributed by atoms with Crippen LogP contribution in [0.5, 0.6) is 0 Å². The lowest BCUT2D eigenvalue weighted by atomic mass is 10.00. The Hall–Kier alpha value is -0.0800. The molecular formula is C8H17NO. The fraction of sp³-hybridized carbons (Fsp3) is 1.00. The van der Waals surface area contributed by atoms with E-state index in [0.717, 1.165) is 6.42 Å². The van der Waals surface area contributed by atoms with Gasteiger partial charge in [-0.15, -0.1) is 0 Å². The molecule has 0 aliphatic heterocycles. The summed E-state index contributed by atoms with van der Waals surface area (Å²) in [6.45, 7) is 2.42. The normalized spacial score (nSPS) is 24.3. The van der Waals surface area contributed by atoms with Gasteiger partial charge in [0.1, 0.15) is 0 Å². The van der Waals surface area contributed by atoms with Crippen molar-refractivity contribution in [3.05, 3.63) is 0 Å². The summed E-state index contributed by atoms with van der Waals surface area (Å²) in [5.41, 5.74) is 6.15. The summed E-state index contributed by atoms with van der Waals surface area (Å²) < 4.78 is 0. The minimum atomic E-state index is 0.0115. The molecule has 0 spiro atoms. The maximum absolute atomic E-state index is 8.63. The molecule has 0 aromatic heterocycles. The van der Waals surface area contributed by atoms with E-state index in [1.54, 1.807) is 0 Å². The van der Waals surface area contributed by atoms with Gasteiger partial charge in [0.15, 0.2) is 0 Å². The Morgan fingerprint density at radius 1 is 1.60 bits per heavy atom. The zero-order valence-electron chi connectivity index (χ0n) is 6.64. The first kappa shape index (κ1) is 8.02. The molecule has 0 amide bonds. The zero-order chi connectivity index (χ0) is 7.61. The molecule has 1 rings (SSSR count). The molecule has 1 fully saturated rings. The van der Waals surface area contributed by atoms with Crippen LogP contribution in [0.15, 0.2) is 0 Å². The lowest BCUT2D eigenvalue weighted by Gasteiger charge is -2.11. The summed E-state index contributed by atoms with van der Waals surface area (Å²) >= 11 is 0. The van der Waals surface area contributed by atoms with Crippen molar-refractivity contribution in [3.63, 3.8) is 0 Å². The Kier molecular flexibility index (Phi) is 2.32. The second-order valence-electron chi connectivity index (χ2n) is 3.79. The van der Waals surface area contributed by atoms with Gasteiger partial charge in [-0.3, -0.25) is 0 Å². The molecule has 0 bridgehead atoms. The van der Waals surface area contributed by atoms with Gasteiger partial charge in [0.25, 0.3) is 0 Å². The number of hydrogen-bond acceptors (Lipinski definition) is 2. The number of aliphatic hydroxyl groups is 1. The minimum Gasteiger partial charge on any atom is -0.395 e. The first-order valence-corrected chi connectivity index (χ1v) is 4.03. The molecule has 1 aliphatic carbocycles. The van der Waals surface area contributed by atoms with Crippen LogP contribution in [0.2, 0.25) is 0 Å². The van der Waals surface area contributed by atoms with Crippen molar-refractivity contribution in [2.24, 2.45) is 11.1 Å². The highest BCUT2D eigenvalue weighted by atomic mass is 16.3. The predicted molar refractivity (Wildman–Crippen MR) is 41.6 cm³/mol. The first-order chi connectivity index (χ1) is 4.66. The van der Waals surface area contributed by atoms with Gasteiger partial charge in [-0.2, -0.15) is 0 Å². The second-order valence-corrected chi connectivity index (χ2v) is 3.79. The number of nitrogens with two attached hydrogens (primary N) is 1. The number of hydrogen-bond donors (Lipinski definition) is 2. The molecule has 1 saturated carbocycles. The lowest BCUT2D eigenvalue weighted by molar-refractivity contribution is 0.252. The average molecular weight is 143 g/mol. The molecule has 0 heterocycles. The highest BCUT2D eigenvalue weighted by molar-refractivity contribution is 4.88. The van der Waals surface area contributed by atoms with E-state index < -0.39 is 0 Å². The van der Waals surface area contributed by atoms with E-state index in [9.17, 15) is 0 Å². The van der Waals surface area contributed by atoms with E-state index in [1.807, 2.05) is 0 Å². The minimum absolute atomic E-state index is 0.0115. The van der Waals surface area contributed by atoms with E-state index in [2.05, 4.69) is 6.92 Å². The molecule has 1 aliphatic rings. The molecule has 0 aromatic rings. The Morgan fingerprint density at radius 2 is 2.20 bits per heavy atom. The van der Waals surface area contributed by atoms with Gasteiger partial charge in [0.05, 0.1) is 6.61 Å². The molecule has 0 unspecified atom stereocenters. The van der Waals surface area contributed by atoms with E-state index >= 15 is 0 Å². The SMILES string of the molecule is CC1(CC[C@H](N)CO)CC1. The summed E-state index contributed by atoms with van der Waals surface area (Å²) in [5.74, 6) is 0. The van der Waals surface area contributed by atoms with Gasteiger partial charge in [-0.25, -0.2) is 0 Å². The second kappa shape index (κ2) is 2.89. The van der Waals surface area contributed by atoms with Crippen LogP contribution in [0.4, 0.5) is 0 Å². The monoisotopic (exact) mass is 143 g/mol. The third kappa shape index (κ3) is 2.27. The van der Waals surface area contributed by atoms with Gasteiger partial charge in [-0.1, -0.05) is 6.92 Å². The Labute approximate surface area is 62.4 Å². The third-order valence-electron chi connectivity index (χ3n) is 2.46. The molecule has 10 heavy (non-hydrogen) atoms. The summed E-state index contributed by atoms with van der Waals surface area (Å²) in [6.07, 6.45) is 4.87. The molecule has 60 valence electrons. The Balaban J connectivity index is 2.04. The fourth-order valence-corrected chi connectivity index (χ4v) is 1.09. The van der Waals surface area contributed by atoms with Crippen molar-refractivity contribution < 1.29 is 5.11 Å². The van der Waals surface area contributed by atoms with Crippen LogP contribution in [0.1, 0.15) is 32.6 Å². The highest BCUT2D eigenvalue weighted by Gasteiger charge is 2.36. The van der Waals surface area contributed by atoms with Crippen molar-refractivity contribution in [3.8, 4) is 0 Å². The van der Waals surface area contributed by atoms with Crippen molar-refractivity contribution in [1.82, 2.24) is 0 Å². The third-order valence-corrected chi connectivity index (χ3v) is 2.46. The van der Waals surface area contributed by atoms with Gasteiger partial charge >= 0.3 is 0 Å². The zero-order valence-corrected chi connectivity index (χ0v) is 6.64. The molecule has 1 atom stereocenters. The van der Waals surface area contributed by atoms with E-state index in [1.165, 1.54) is 19.3 Å². The average Bonchev–Trinajstić information content (AvgIpc) is 2.64. The lowest BCUT2D eigenvalue weighted by Crippen LogP contribution is -2.24. The van der Waals surface area contributed by atoms with Gasteiger partial charge in [0, 0.05) is 6.04 Å². The van der Waals surface area contributed by atoms with Crippen LogP contribution in [0.3, 0.4) is 0 Å². The predicted octanol–water partition coefficient (Wildman–Crippen LogP) is 0.886.